The minimum absolute atomic E-state index is 0.224. The molecule has 0 saturated carbocycles. The Morgan fingerprint density at radius 1 is 1.07 bits per heavy atom. The van der Waals surface area contributed by atoms with Gasteiger partial charge in [-0.25, -0.2) is 13.2 Å². The van der Waals surface area contributed by atoms with E-state index in [1.54, 1.807) is 6.92 Å². The second-order valence-electron chi connectivity index (χ2n) is 7.34. The number of nitrogens with zero attached hydrogens (tertiary/aromatic N) is 3. The largest absolute Gasteiger partial charge is 0.490 e. The highest BCUT2D eigenvalue weighted by atomic mass is 32.2. The van der Waals surface area contributed by atoms with Gasteiger partial charge in [0.15, 0.2) is 16.4 Å². The maximum absolute atomic E-state index is 13.3. The third-order valence-corrected chi connectivity index (χ3v) is 7.45. The van der Waals surface area contributed by atoms with Crippen molar-refractivity contribution in [2.75, 3.05) is 19.8 Å². The summed E-state index contributed by atoms with van der Waals surface area (Å²) in [5.41, 5.74) is 0.419. The lowest BCUT2D eigenvalue weighted by atomic mass is 9.94. The fraction of sp³-hybridized carbons (Fsp3) is 0.474. The molecule has 3 heterocycles. The topological polar surface area (TPSA) is 99.8 Å². The Balaban J connectivity index is 1.78. The molecule has 0 saturated heterocycles. The summed E-state index contributed by atoms with van der Waals surface area (Å²) in [7, 11) is -1.42. The van der Waals surface area contributed by atoms with Crippen molar-refractivity contribution < 1.29 is 17.9 Å². The van der Waals surface area contributed by atoms with Crippen molar-refractivity contribution in [1.82, 2.24) is 13.4 Å². The molecule has 0 fully saturated rings. The first kappa shape index (κ1) is 19.7. The first-order valence-corrected chi connectivity index (χ1v) is 10.9. The van der Waals surface area contributed by atoms with Crippen LogP contribution in [0, 0.1) is 0 Å². The van der Waals surface area contributed by atoms with Gasteiger partial charge in [0.25, 0.3) is 15.6 Å². The van der Waals surface area contributed by atoms with Gasteiger partial charge >= 0.3 is 5.69 Å². The van der Waals surface area contributed by atoms with E-state index in [0.717, 1.165) is 32.9 Å². The third kappa shape index (κ3) is 3.16. The Bertz CT molecular complexity index is 1200. The highest BCUT2D eigenvalue weighted by molar-refractivity contribution is 7.89. The Morgan fingerprint density at radius 2 is 1.72 bits per heavy atom. The highest BCUT2D eigenvalue weighted by Gasteiger charge is 2.37. The molecule has 0 spiro atoms. The zero-order chi connectivity index (χ0) is 20.9. The molecule has 0 aliphatic carbocycles. The number of aromatic nitrogens is 2. The number of benzene rings is 1. The van der Waals surface area contributed by atoms with Crippen LogP contribution in [0.4, 0.5) is 0 Å². The van der Waals surface area contributed by atoms with Crippen LogP contribution in [0.5, 0.6) is 11.5 Å². The van der Waals surface area contributed by atoms with Gasteiger partial charge in [0.1, 0.15) is 0 Å². The van der Waals surface area contributed by atoms with E-state index >= 15 is 0 Å². The zero-order valence-electron chi connectivity index (χ0n) is 16.5. The van der Waals surface area contributed by atoms with Crippen molar-refractivity contribution in [2.45, 2.75) is 30.7 Å². The molecule has 10 heteroatoms. The summed E-state index contributed by atoms with van der Waals surface area (Å²) in [5, 5.41) is 0. The molecule has 2 aliphatic heterocycles. The monoisotopic (exact) mass is 421 g/mol. The van der Waals surface area contributed by atoms with Crippen molar-refractivity contribution in [3.8, 4) is 11.5 Å². The maximum Gasteiger partial charge on any atom is 0.330 e. The molecule has 2 aliphatic rings. The van der Waals surface area contributed by atoms with Crippen LogP contribution in [0.3, 0.4) is 0 Å². The third-order valence-electron chi connectivity index (χ3n) is 5.49. The summed E-state index contributed by atoms with van der Waals surface area (Å²) in [5.74, 6) is 1.28. The Morgan fingerprint density at radius 3 is 2.41 bits per heavy atom. The van der Waals surface area contributed by atoms with Crippen molar-refractivity contribution in [2.24, 2.45) is 14.1 Å². The number of ether oxygens (including phenoxy) is 2. The Kier molecular flexibility index (Phi) is 4.78. The second kappa shape index (κ2) is 7.03. The van der Waals surface area contributed by atoms with Crippen LogP contribution in [0.25, 0.3) is 0 Å². The molecule has 29 heavy (non-hydrogen) atoms. The molecule has 1 aromatic carbocycles. The van der Waals surface area contributed by atoms with Crippen LogP contribution < -0.4 is 20.7 Å². The fourth-order valence-corrected chi connectivity index (χ4v) is 5.62. The van der Waals surface area contributed by atoms with Crippen LogP contribution in [0.15, 0.2) is 32.8 Å². The molecule has 9 nitrogen and oxygen atoms in total. The number of rotatable bonds is 2. The lowest BCUT2D eigenvalue weighted by Gasteiger charge is -2.34. The quantitative estimate of drug-likeness (QED) is 0.702. The van der Waals surface area contributed by atoms with Gasteiger partial charge in [0, 0.05) is 39.3 Å². The van der Waals surface area contributed by atoms with Gasteiger partial charge in [0.2, 0.25) is 0 Å². The maximum atomic E-state index is 13.3. The standard InChI is InChI=1S/C19H23N3O6S/c1-12-14-10-16-15(27-7-4-8-28-16)9-13(14)5-6-22(12)29(25,26)17-11-20(2)19(24)21(3)18(17)23/h9-12H,4-8H2,1-3H3/t12-/m0/s1. The molecule has 1 atom stereocenters. The van der Waals surface area contributed by atoms with Gasteiger partial charge < -0.3 is 14.0 Å². The molecule has 2 aromatic rings. The lowest BCUT2D eigenvalue weighted by Crippen LogP contribution is -2.45. The minimum Gasteiger partial charge on any atom is -0.490 e. The second-order valence-corrected chi connectivity index (χ2v) is 9.20. The van der Waals surface area contributed by atoms with Gasteiger partial charge in [-0.05, 0) is 36.6 Å². The average Bonchev–Trinajstić information content (AvgIpc) is 2.92. The first-order valence-electron chi connectivity index (χ1n) is 9.42. The summed E-state index contributed by atoms with van der Waals surface area (Å²) in [4.78, 5) is 24.0. The molecule has 0 N–H and O–H groups in total. The summed E-state index contributed by atoms with van der Waals surface area (Å²) in [6.45, 7) is 3.13. The number of hydrogen-bond donors (Lipinski definition) is 0. The number of hydrogen-bond acceptors (Lipinski definition) is 6. The van der Waals surface area contributed by atoms with Crippen LogP contribution >= 0.6 is 0 Å². The van der Waals surface area contributed by atoms with Crippen LogP contribution in [-0.4, -0.2) is 41.6 Å². The molecule has 0 bridgehead atoms. The number of fused-ring (bicyclic) bond motifs is 2. The highest BCUT2D eigenvalue weighted by Crippen LogP contribution is 2.40. The van der Waals surface area contributed by atoms with Crippen molar-refractivity contribution >= 4 is 10.0 Å². The normalized spacial score (nSPS) is 19.5. The van der Waals surface area contributed by atoms with E-state index in [-0.39, 0.29) is 6.54 Å². The number of aryl methyl sites for hydroxylation is 1. The van der Waals surface area contributed by atoms with Gasteiger partial charge in [-0.15, -0.1) is 0 Å². The summed E-state index contributed by atoms with van der Waals surface area (Å²) in [6.07, 6.45) is 2.36. The molecular weight excluding hydrogens is 398 g/mol. The minimum atomic E-state index is -4.11. The van der Waals surface area contributed by atoms with Gasteiger partial charge in [0.05, 0.1) is 13.2 Å². The summed E-state index contributed by atoms with van der Waals surface area (Å²) in [6, 6.07) is 3.26. The Hall–Kier alpha value is -2.59. The van der Waals surface area contributed by atoms with Gasteiger partial charge in [-0.1, -0.05) is 0 Å². The smallest absolute Gasteiger partial charge is 0.330 e. The fourth-order valence-electron chi connectivity index (χ4n) is 3.86. The lowest BCUT2D eigenvalue weighted by molar-refractivity contribution is 0.296. The predicted molar refractivity (Wildman–Crippen MR) is 105 cm³/mol. The first-order chi connectivity index (χ1) is 13.7. The van der Waals surface area contributed by atoms with E-state index in [4.69, 9.17) is 9.47 Å². The van der Waals surface area contributed by atoms with Crippen molar-refractivity contribution in [3.63, 3.8) is 0 Å². The van der Waals surface area contributed by atoms with Crippen molar-refractivity contribution in [1.29, 1.82) is 0 Å². The van der Waals surface area contributed by atoms with E-state index in [1.807, 2.05) is 12.1 Å². The van der Waals surface area contributed by atoms with Crippen LogP contribution in [0.1, 0.15) is 30.5 Å². The van der Waals surface area contributed by atoms with Gasteiger partial charge in [-0.3, -0.25) is 9.36 Å². The van der Waals surface area contributed by atoms with Gasteiger partial charge in [-0.2, -0.15) is 4.31 Å². The van der Waals surface area contributed by atoms with Crippen molar-refractivity contribution in [3.05, 3.63) is 50.3 Å². The van der Waals surface area contributed by atoms with E-state index in [0.29, 0.717) is 31.1 Å². The van der Waals surface area contributed by atoms with E-state index < -0.39 is 32.2 Å². The average molecular weight is 421 g/mol. The van der Waals surface area contributed by atoms with Crippen LogP contribution in [0.2, 0.25) is 0 Å². The molecule has 1 aromatic heterocycles. The SMILES string of the molecule is C[C@H]1c2cc3c(cc2CCN1S(=O)(=O)c1cn(C)c(=O)n(C)c1=O)OCCCO3. The van der Waals surface area contributed by atoms with E-state index in [9.17, 15) is 18.0 Å². The van der Waals surface area contributed by atoms with E-state index in [1.165, 1.54) is 18.4 Å². The molecule has 156 valence electrons. The summed E-state index contributed by atoms with van der Waals surface area (Å²) < 4.78 is 41.4. The van der Waals surface area contributed by atoms with E-state index in [2.05, 4.69) is 0 Å². The predicted octanol–water partition coefficient (Wildman–Crippen LogP) is 0.553. The van der Waals surface area contributed by atoms with Crippen LogP contribution in [-0.2, 0) is 30.5 Å². The Labute approximate surface area is 168 Å². The summed E-state index contributed by atoms with van der Waals surface area (Å²) >= 11 is 0. The number of sulfonamides is 1. The zero-order valence-corrected chi connectivity index (χ0v) is 17.4. The molecule has 0 radical (unpaired) electrons. The molecular formula is C19H23N3O6S. The molecule has 0 unspecified atom stereocenters. The molecule has 0 amide bonds. The molecule has 4 rings (SSSR count).